The van der Waals surface area contributed by atoms with Crippen molar-refractivity contribution in [2.24, 2.45) is 10.7 Å². The number of halogens is 1. The van der Waals surface area contributed by atoms with Gasteiger partial charge in [-0.05, 0) is 40.5 Å². The maximum absolute atomic E-state index is 5.73. The van der Waals surface area contributed by atoms with Crippen LogP contribution in [0.15, 0.2) is 39.8 Å². The van der Waals surface area contributed by atoms with E-state index in [1.54, 1.807) is 7.11 Å². The molecule has 0 spiro atoms. The number of aliphatic imine (C=N–C) groups is 1. The highest BCUT2D eigenvalue weighted by Crippen LogP contribution is 2.25. The predicted molar refractivity (Wildman–Crippen MR) is 78.8 cm³/mol. The Kier molecular flexibility index (Phi) is 5.71. The second kappa shape index (κ2) is 7.06. The van der Waals surface area contributed by atoms with E-state index in [1.807, 2.05) is 25.1 Å². The van der Waals surface area contributed by atoms with Crippen LogP contribution in [-0.2, 0) is 6.54 Å². The summed E-state index contributed by atoms with van der Waals surface area (Å²) in [5.74, 6) is 1.22. The molecule has 0 aliphatic carbocycles. The van der Waals surface area contributed by atoms with E-state index in [-0.39, 0.29) is 0 Å². The molecular formula is C13H18BrN3O. The first-order chi connectivity index (χ1) is 8.52. The van der Waals surface area contributed by atoms with Crippen molar-refractivity contribution in [3.05, 3.63) is 40.4 Å². The Morgan fingerprint density at radius 2 is 2.28 bits per heavy atom. The Morgan fingerprint density at radius 1 is 1.56 bits per heavy atom. The first-order valence-corrected chi connectivity index (χ1v) is 6.33. The molecule has 0 bridgehead atoms. The van der Waals surface area contributed by atoms with Gasteiger partial charge in [0.2, 0.25) is 0 Å². The minimum atomic E-state index is 0.421. The van der Waals surface area contributed by atoms with Gasteiger partial charge in [-0.1, -0.05) is 18.2 Å². The second-order valence-electron chi connectivity index (χ2n) is 3.98. The molecule has 3 N–H and O–H groups in total. The van der Waals surface area contributed by atoms with Crippen LogP contribution in [0.1, 0.15) is 12.5 Å². The number of hydrogen-bond acceptors (Lipinski definition) is 2. The molecule has 5 heteroatoms. The smallest absolute Gasteiger partial charge is 0.189 e. The van der Waals surface area contributed by atoms with Crippen LogP contribution >= 0.6 is 15.9 Å². The van der Waals surface area contributed by atoms with Crippen molar-refractivity contribution in [2.75, 3.05) is 13.7 Å². The zero-order valence-electron chi connectivity index (χ0n) is 10.7. The minimum Gasteiger partial charge on any atom is -0.496 e. The van der Waals surface area contributed by atoms with Crippen molar-refractivity contribution in [3.8, 4) is 5.75 Å². The summed E-state index contributed by atoms with van der Waals surface area (Å²) >= 11 is 3.43. The summed E-state index contributed by atoms with van der Waals surface area (Å²) in [6.45, 7) is 6.88. The Balaban J connectivity index is 2.59. The summed E-state index contributed by atoms with van der Waals surface area (Å²) in [6.07, 6.45) is 0. The average Bonchev–Trinajstić information content (AvgIpc) is 2.34. The van der Waals surface area contributed by atoms with Crippen molar-refractivity contribution in [1.29, 1.82) is 0 Å². The average molecular weight is 312 g/mol. The molecule has 1 rings (SSSR count). The van der Waals surface area contributed by atoms with Crippen LogP contribution in [-0.4, -0.2) is 19.6 Å². The zero-order chi connectivity index (χ0) is 13.5. The number of benzene rings is 1. The van der Waals surface area contributed by atoms with Crippen molar-refractivity contribution in [3.63, 3.8) is 0 Å². The van der Waals surface area contributed by atoms with Gasteiger partial charge >= 0.3 is 0 Å². The molecule has 18 heavy (non-hydrogen) atoms. The van der Waals surface area contributed by atoms with Crippen LogP contribution in [0.5, 0.6) is 5.75 Å². The predicted octanol–water partition coefficient (Wildman–Crippen LogP) is 2.44. The van der Waals surface area contributed by atoms with Gasteiger partial charge in [0.05, 0.1) is 18.1 Å². The van der Waals surface area contributed by atoms with Crippen LogP contribution in [0, 0.1) is 0 Å². The van der Waals surface area contributed by atoms with E-state index in [2.05, 4.69) is 32.8 Å². The minimum absolute atomic E-state index is 0.421. The Morgan fingerprint density at radius 3 is 2.83 bits per heavy atom. The standard InChI is InChI=1S/C13H18BrN3O/c1-9(2)7-16-13(15)17-8-10-4-5-12(18-3)11(14)6-10/h4-6H,1,7-8H2,2-3H3,(H3,15,16,17). The molecule has 0 amide bonds. The molecule has 1 aromatic carbocycles. The number of guanidine groups is 1. The molecule has 98 valence electrons. The number of ether oxygens (including phenoxy) is 1. The van der Waals surface area contributed by atoms with Gasteiger partial charge in [-0.15, -0.1) is 0 Å². The molecule has 0 aromatic heterocycles. The molecule has 0 aliphatic rings. The number of methoxy groups -OCH3 is 1. The zero-order valence-corrected chi connectivity index (χ0v) is 12.3. The normalized spacial score (nSPS) is 11.2. The van der Waals surface area contributed by atoms with Crippen molar-refractivity contribution in [1.82, 2.24) is 5.32 Å². The summed E-state index contributed by atoms with van der Waals surface area (Å²) in [4.78, 5) is 4.24. The highest BCUT2D eigenvalue weighted by Gasteiger charge is 2.01. The fraction of sp³-hybridized carbons (Fsp3) is 0.308. The van der Waals surface area contributed by atoms with Gasteiger partial charge in [0.25, 0.3) is 0 Å². The molecule has 0 aliphatic heterocycles. The van der Waals surface area contributed by atoms with E-state index in [0.29, 0.717) is 19.0 Å². The third-order valence-corrected chi connectivity index (χ3v) is 2.84. The largest absolute Gasteiger partial charge is 0.496 e. The highest BCUT2D eigenvalue weighted by atomic mass is 79.9. The van der Waals surface area contributed by atoms with Gasteiger partial charge in [-0.3, -0.25) is 0 Å². The monoisotopic (exact) mass is 311 g/mol. The Labute approximate surface area is 116 Å². The van der Waals surface area contributed by atoms with Gasteiger partial charge in [-0.2, -0.15) is 0 Å². The lowest BCUT2D eigenvalue weighted by Crippen LogP contribution is -2.32. The second-order valence-corrected chi connectivity index (χ2v) is 4.84. The molecule has 4 nitrogen and oxygen atoms in total. The van der Waals surface area contributed by atoms with E-state index < -0.39 is 0 Å². The first kappa shape index (κ1) is 14.6. The van der Waals surface area contributed by atoms with E-state index in [1.165, 1.54) is 0 Å². The van der Waals surface area contributed by atoms with Crippen LogP contribution in [0.4, 0.5) is 0 Å². The molecule has 0 atom stereocenters. The van der Waals surface area contributed by atoms with Crippen LogP contribution < -0.4 is 15.8 Å². The number of nitrogens with one attached hydrogen (secondary N) is 1. The molecule has 0 radical (unpaired) electrons. The van der Waals surface area contributed by atoms with Gasteiger partial charge < -0.3 is 15.8 Å². The maximum Gasteiger partial charge on any atom is 0.189 e. The van der Waals surface area contributed by atoms with Crippen LogP contribution in [0.2, 0.25) is 0 Å². The van der Waals surface area contributed by atoms with E-state index in [9.17, 15) is 0 Å². The summed E-state index contributed by atoms with van der Waals surface area (Å²) in [5.41, 5.74) is 7.80. The van der Waals surface area contributed by atoms with Crippen molar-refractivity contribution < 1.29 is 4.74 Å². The number of nitrogens with two attached hydrogens (primary N) is 1. The van der Waals surface area contributed by atoms with Crippen LogP contribution in [0.3, 0.4) is 0 Å². The van der Waals surface area contributed by atoms with Crippen molar-refractivity contribution in [2.45, 2.75) is 13.5 Å². The topological polar surface area (TPSA) is 59.6 Å². The van der Waals surface area contributed by atoms with Gasteiger partial charge in [0.15, 0.2) is 5.96 Å². The van der Waals surface area contributed by atoms with Crippen molar-refractivity contribution >= 4 is 21.9 Å². The van der Waals surface area contributed by atoms with E-state index >= 15 is 0 Å². The summed E-state index contributed by atoms with van der Waals surface area (Å²) in [7, 11) is 1.64. The third-order valence-electron chi connectivity index (χ3n) is 2.22. The maximum atomic E-state index is 5.73. The lowest BCUT2D eigenvalue weighted by molar-refractivity contribution is 0.412. The summed E-state index contributed by atoms with van der Waals surface area (Å²) in [5, 5.41) is 2.98. The summed E-state index contributed by atoms with van der Waals surface area (Å²) < 4.78 is 6.07. The number of nitrogens with zero attached hydrogens (tertiary/aromatic N) is 1. The number of rotatable bonds is 5. The van der Waals surface area contributed by atoms with Gasteiger partial charge in [0.1, 0.15) is 5.75 Å². The first-order valence-electron chi connectivity index (χ1n) is 5.53. The third kappa shape index (κ3) is 4.79. The fourth-order valence-corrected chi connectivity index (χ4v) is 1.87. The molecule has 1 aromatic rings. The molecule has 0 unspecified atom stereocenters. The Hall–Kier alpha value is -1.49. The fourth-order valence-electron chi connectivity index (χ4n) is 1.28. The molecule has 0 heterocycles. The van der Waals surface area contributed by atoms with Crippen LogP contribution in [0.25, 0.3) is 0 Å². The number of hydrogen-bond donors (Lipinski definition) is 2. The van der Waals surface area contributed by atoms with Gasteiger partial charge in [0, 0.05) is 6.54 Å². The lowest BCUT2D eigenvalue weighted by Gasteiger charge is -2.06. The Bertz CT molecular complexity index is 458. The lowest BCUT2D eigenvalue weighted by atomic mass is 10.2. The summed E-state index contributed by atoms with van der Waals surface area (Å²) in [6, 6.07) is 5.82. The quantitative estimate of drug-likeness (QED) is 0.499. The van der Waals surface area contributed by atoms with Gasteiger partial charge in [-0.25, -0.2) is 4.99 Å². The van der Waals surface area contributed by atoms with E-state index in [4.69, 9.17) is 10.5 Å². The highest BCUT2D eigenvalue weighted by molar-refractivity contribution is 9.10. The molecule has 0 saturated carbocycles. The molecular weight excluding hydrogens is 294 g/mol. The molecule has 0 saturated heterocycles. The molecule has 0 fully saturated rings. The van der Waals surface area contributed by atoms with E-state index in [0.717, 1.165) is 21.4 Å². The SMILES string of the molecule is C=C(C)CNC(N)=NCc1ccc(OC)c(Br)c1.